The average molecular weight is 214 g/mol. The summed E-state index contributed by atoms with van der Waals surface area (Å²) < 4.78 is 0. The van der Waals surface area contributed by atoms with Gasteiger partial charge < -0.3 is 10.0 Å². The van der Waals surface area contributed by atoms with Crippen molar-refractivity contribution >= 4 is 23.7 Å². The Morgan fingerprint density at radius 2 is 2.00 bits per heavy atom. The Morgan fingerprint density at radius 1 is 1.33 bits per heavy atom. The summed E-state index contributed by atoms with van der Waals surface area (Å²) in [5.74, 6) is -2.82. The van der Waals surface area contributed by atoms with Crippen molar-refractivity contribution in [3.8, 4) is 0 Å². The predicted octanol–water partition coefficient (Wildman–Crippen LogP) is -1.66. The summed E-state index contributed by atoms with van der Waals surface area (Å²) >= 11 is 0. The van der Waals surface area contributed by atoms with Crippen molar-refractivity contribution in [2.45, 2.75) is 12.8 Å². The van der Waals surface area contributed by atoms with Crippen LogP contribution in [-0.4, -0.2) is 46.8 Å². The minimum absolute atomic E-state index is 0.0606. The van der Waals surface area contributed by atoms with Crippen LogP contribution in [0.5, 0.6) is 0 Å². The molecular formula is C8H10N2O5. The third-order valence-electron chi connectivity index (χ3n) is 1.87. The molecule has 82 valence electrons. The van der Waals surface area contributed by atoms with E-state index in [-0.39, 0.29) is 19.5 Å². The third kappa shape index (κ3) is 3.37. The van der Waals surface area contributed by atoms with Gasteiger partial charge in [-0.25, -0.2) is 0 Å². The van der Waals surface area contributed by atoms with Crippen molar-refractivity contribution in [1.82, 2.24) is 10.2 Å². The smallest absolute Gasteiger partial charge is 0.305 e. The Hall–Kier alpha value is -1.92. The average Bonchev–Trinajstić information content (AvgIpc) is 2.21. The molecule has 0 bridgehead atoms. The maximum atomic E-state index is 11.3. The first kappa shape index (κ1) is 11.2. The van der Waals surface area contributed by atoms with E-state index in [0.717, 1.165) is 4.90 Å². The first-order valence-corrected chi connectivity index (χ1v) is 4.31. The van der Waals surface area contributed by atoms with Gasteiger partial charge in [-0.05, 0) is 0 Å². The van der Waals surface area contributed by atoms with Gasteiger partial charge in [-0.15, -0.1) is 0 Å². The highest BCUT2D eigenvalue weighted by Crippen LogP contribution is 2.00. The fourth-order valence-electron chi connectivity index (χ4n) is 1.18. The molecule has 1 heterocycles. The molecule has 3 amide bonds. The molecule has 0 aliphatic carbocycles. The molecule has 0 unspecified atom stereocenters. The van der Waals surface area contributed by atoms with Crippen LogP contribution in [0.25, 0.3) is 0 Å². The van der Waals surface area contributed by atoms with Crippen LogP contribution in [0, 0.1) is 0 Å². The van der Waals surface area contributed by atoms with E-state index in [0.29, 0.717) is 0 Å². The van der Waals surface area contributed by atoms with E-state index in [9.17, 15) is 19.2 Å². The summed E-state index contributed by atoms with van der Waals surface area (Å²) in [6.45, 7) is -0.327. The highest BCUT2D eigenvalue weighted by molar-refractivity contribution is 6.07. The molecule has 1 rings (SSSR count). The van der Waals surface area contributed by atoms with Gasteiger partial charge in [0, 0.05) is 6.54 Å². The van der Waals surface area contributed by atoms with Gasteiger partial charge in [0.25, 0.3) is 0 Å². The molecule has 0 aromatic rings. The topological polar surface area (TPSA) is 104 Å². The second-order valence-electron chi connectivity index (χ2n) is 3.11. The number of imide groups is 1. The minimum atomic E-state index is -1.06. The molecule has 0 radical (unpaired) electrons. The van der Waals surface area contributed by atoms with Gasteiger partial charge >= 0.3 is 5.97 Å². The summed E-state index contributed by atoms with van der Waals surface area (Å²) in [6.07, 6.45) is -0.654. The summed E-state index contributed by atoms with van der Waals surface area (Å²) in [5.41, 5.74) is 0. The Kier molecular flexibility index (Phi) is 3.37. The number of carboxylic acid groups (broad SMARTS) is 1. The van der Waals surface area contributed by atoms with Crippen LogP contribution in [0.3, 0.4) is 0 Å². The maximum absolute atomic E-state index is 11.3. The summed E-state index contributed by atoms with van der Waals surface area (Å²) in [4.78, 5) is 44.6. The van der Waals surface area contributed by atoms with Gasteiger partial charge in [0.05, 0.1) is 13.0 Å². The van der Waals surface area contributed by atoms with E-state index in [1.807, 2.05) is 5.32 Å². The zero-order chi connectivity index (χ0) is 11.4. The van der Waals surface area contributed by atoms with Gasteiger partial charge in [-0.1, -0.05) is 0 Å². The van der Waals surface area contributed by atoms with Crippen molar-refractivity contribution in [3.63, 3.8) is 0 Å². The Balaban J connectivity index is 2.61. The third-order valence-corrected chi connectivity index (χ3v) is 1.87. The Labute approximate surface area is 85.0 Å². The lowest BCUT2D eigenvalue weighted by Gasteiger charge is -2.17. The van der Waals surface area contributed by atoms with Crippen LogP contribution in [0.15, 0.2) is 0 Å². The SMILES string of the molecule is O=C(O)CCN1CC(=O)NC(=O)CC1=O. The first-order chi connectivity index (χ1) is 6.99. The highest BCUT2D eigenvalue weighted by Gasteiger charge is 2.25. The summed E-state index contributed by atoms with van der Waals surface area (Å²) in [7, 11) is 0. The fraction of sp³-hybridized carbons (Fsp3) is 0.500. The number of hydrogen-bond acceptors (Lipinski definition) is 4. The number of nitrogens with zero attached hydrogens (tertiary/aromatic N) is 1. The van der Waals surface area contributed by atoms with Gasteiger partial charge in [-0.3, -0.25) is 24.5 Å². The molecule has 0 aromatic carbocycles. The normalized spacial score (nSPS) is 17.3. The molecule has 1 saturated heterocycles. The number of nitrogens with one attached hydrogen (secondary N) is 1. The van der Waals surface area contributed by atoms with Crippen LogP contribution in [-0.2, 0) is 19.2 Å². The van der Waals surface area contributed by atoms with Crippen LogP contribution in [0.2, 0.25) is 0 Å². The van der Waals surface area contributed by atoms with Crippen molar-refractivity contribution < 1.29 is 24.3 Å². The van der Waals surface area contributed by atoms with Crippen molar-refractivity contribution in [2.24, 2.45) is 0 Å². The van der Waals surface area contributed by atoms with Gasteiger partial charge in [0.15, 0.2) is 0 Å². The molecule has 2 N–H and O–H groups in total. The lowest BCUT2D eigenvalue weighted by Crippen LogP contribution is -2.37. The molecule has 7 heteroatoms. The van der Waals surface area contributed by atoms with Gasteiger partial charge in [-0.2, -0.15) is 0 Å². The van der Waals surface area contributed by atoms with Gasteiger partial charge in [0.2, 0.25) is 17.7 Å². The Bertz CT molecular complexity index is 325. The number of rotatable bonds is 3. The summed E-state index contributed by atoms with van der Waals surface area (Å²) in [6, 6.07) is 0. The molecule has 1 aliphatic rings. The molecule has 15 heavy (non-hydrogen) atoms. The lowest BCUT2D eigenvalue weighted by molar-refractivity contribution is -0.139. The standard InChI is InChI=1S/C8H10N2O5/c11-5-3-7(13)10(2-1-8(14)15)4-6(12)9-5/h1-4H2,(H,14,15)(H,9,11,12). The van der Waals surface area contributed by atoms with Gasteiger partial charge in [0.1, 0.15) is 6.42 Å². The van der Waals surface area contributed by atoms with E-state index < -0.39 is 30.1 Å². The zero-order valence-corrected chi connectivity index (χ0v) is 7.86. The second-order valence-corrected chi connectivity index (χ2v) is 3.11. The first-order valence-electron chi connectivity index (χ1n) is 4.31. The number of hydrogen-bond donors (Lipinski definition) is 2. The quantitative estimate of drug-likeness (QED) is 0.432. The van der Waals surface area contributed by atoms with Crippen molar-refractivity contribution in [2.75, 3.05) is 13.1 Å². The molecule has 0 saturated carbocycles. The number of carbonyl (C=O) groups is 4. The molecule has 1 fully saturated rings. The number of amides is 3. The number of carbonyl (C=O) groups excluding carboxylic acids is 3. The maximum Gasteiger partial charge on any atom is 0.305 e. The van der Waals surface area contributed by atoms with Crippen LogP contribution < -0.4 is 5.32 Å². The molecule has 0 spiro atoms. The van der Waals surface area contributed by atoms with Crippen LogP contribution in [0.1, 0.15) is 12.8 Å². The molecule has 1 aliphatic heterocycles. The Morgan fingerprint density at radius 3 is 2.60 bits per heavy atom. The van der Waals surface area contributed by atoms with Crippen molar-refractivity contribution in [1.29, 1.82) is 0 Å². The van der Waals surface area contributed by atoms with E-state index >= 15 is 0 Å². The summed E-state index contributed by atoms with van der Waals surface area (Å²) in [5, 5.41) is 10.4. The van der Waals surface area contributed by atoms with E-state index in [2.05, 4.69) is 0 Å². The number of carboxylic acids is 1. The molecular weight excluding hydrogens is 204 g/mol. The number of aliphatic carboxylic acids is 1. The lowest BCUT2D eigenvalue weighted by atomic mass is 10.3. The zero-order valence-electron chi connectivity index (χ0n) is 7.86. The molecule has 7 nitrogen and oxygen atoms in total. The van der Waals surface area contributed by atoms with E-state index in [4.69, 9.17) is 5.11 Å². The molecule has 0 atom stereocenters. The largest absolute Gasteiger partial charge is 0.481 e. The van der Waals surface area contributed by atoms with Crippen LogP contribution in [0.4, 0.5) is 0 Å². The molecule has 0 aromatic heterocycles. The van der Waals surface area contributed by atoms with E-state index in [1.54, 1.807) is 0 Å². The fourth-order valence-corrected chi connectivity index (χ4v) is 1.18. The predicted molar refractivity (Wildman–Crippen MR) is 46.6 cm³/mol. The minimum Gasteiger partial charge on any atom is -0.481 e. The van der Waals surface area contributed by atoms with Crippen molar-refractivity contribution in [3.05, 3.63) is 0 Å². The second kappa shape index (κ2) is 4.54. The monoisotopic (exact) mass is 214 g/mol. The van der Waals surface area contributed by atoms with E-state index in [1.165, 1.54) is 0 Å². The highest BCUT2D eigenvalue weighted by atomic mass is 16.4. The van der Waals surface area contributed by atoms with Crippen LogP contribution >= 0.6 is 0 Å².